The largest absolute Gasteiger partial charge is 0.393 e. The van der Waals surface area contributed by atoms with Gasteiger partial charge in [0, 0.05) is 12.3 Å². The average molecular weight is 330 g/mol. The Kier molecular flexibility index (Phi) is 3.62. The van der Waals surface area contributed by atoms with Crippen molar-refractivity contribution in [3.05, 3.63) is 12.2 Å². The smallest absolute Gasteiger partial charge is 0.155 e. The predicted octanol–water partition coefficient (Wildman–Crippen LogP) is 3.55. The second-order valence-electron chi connectivity index (χ2n) is 9.46. The van der Waals surface area contributed by atoms with Gasteiger partial charge in [-0.2, -0.15) is 0 Å². The van der Waals surface area contributed by atoms with Crippen molar-refractivity contribution in [2.45, 2.75) is 65.4 Å². The minimum atomic E-state index is -0.359. The first-order chi connectivity index (χ1) is 11.3. The van der Waals surface area contributed by atoms with E-state index in [1.165, 1.54) is 0 Å². The summed E-state index contributed by atoms with van der Waals surface area (Å²) in [5, 5.41) is 11.2. The number of fused-ring (bicyclic) bond motifs is 5. The minimum Gasteiger partial charge on any atom is -0.393 e. The van der Waals surface area contributed by atoms with Gasteiger partial charge in [-0.05, 0) is 79.6 Å². The predicted molar refractivity (Wildman–Crippen MR) is 92.2 cm³/mol. The summed E-state index contributed by atoms with van der Waals surface area (Å²) < 4.78 is 0. The van der Waals surface area contributed by atoms with E-state index in [9.17, 15) is 14.7 Å². The summed E-state index contributed by atoms with van der Waals surface area (Å²) in [5.41, 5.74) is -0.101. The molecule has 4 aliphatic carbocycles. The highest BCUT2D eigenvalue weighted by Gasteiger charge is 2.63. The van der Waals surface area contributed by atoms with Gasteiger partial charge in [0.15, 0.2) is 5.78 Å². The first-order valence-corrected chi connectivity index (χ1v) is 9.68. The van der Waals surface area contributed by atoms with Crippen LogP contribution in [0.4, 0.5) is 0 Å². The molecule has 4 aliphatic rings. The maximum Gasteiger partial charge on any atom is 0.155 e. The second kappa shape index (κ2) is 5.27. The zero-order chi connectivity index (χ0) is 17.3. The van der Waals surface area contributed by atoms with Crippen molar-refractivity contribution in [2.75, 3.05) is 0 Å². The van der Waals surface area contributed by atoms with E-state index in [-0.39, 0.29) is 34.6 Å². The summed E-state index contributed by atoms with van der Waals surface area (Å²) in [6.07, 6.45) is 9.19. The number of hydrogen-bond acceptors (Lipinski definition) is 3. The highest BCUT2D eigenvalue weighted by atomic mass is 16.3. The van der Waals surface area contributed by atoms with Gasteiger partial charge in [-0.3, -0.25) is 9.59 Å². The maximum atomic E-state index is 12.2. The van der Waals surface area contributed by atoms with Crippen LogP contribution in [0.1, 0.15) is 59.3 Å². The Morgan fingerprint density at radius 1 is 1.21 bits per heavy atom. The van der Waals surface area contributed by atoms with E-state index in [4.69, 9.17) is 0 Å². The molecule has 8 atom stereocenters. The molecule has 0 unspecified atom stereocenters. The van der Waals surface area contributed by atoms with E-state index in [0.717, 1.165) is 32.1 Å². The Bertz CT molecular complexity index is 608. The van der Waals surface area contributed by atoms with Crippen LogP contribution < -0.4 is 0 Å². The Hall–Kier alpha value is -0.960. The molecule has 0 saturated heterocycles. The summed E-state index contributed by atoms with van der Waals surface area (Å²) in [6.45, 7) is 6.25. The Morgan fingerprint density at radius 3 is 2.67 bits per heavy atom. The monoisotopic (exact) mass is 330 g/mol. The first kappa shape index (κ1) is 16.5. The molecule has 3 saturated carbocycles. The second-order valence-corrected chi connectivity index (χ2v) is 9.46. The molecule has 1 N–H and O–H groups in total. The van der Waals surface area contributed by atoms with Crippen molar-refractivity contribution < 1.29 is 14.7 Å². The molecule has 132 valence electrons. The molecule has 0 amide bonds. The molecular weight excluding hydrogens is 300 g/mol. The van der Waals surface area contributed by atoms with Gasteiger partial charge in [-0.25, -0.2) is 0 Å². The van der Waals surface area contributed by atoms with Crippen LogP contribution in [-0.2, 0) is 9.59 Å². The molecule has 3 nitrogen and oxygen atoms in total. The molecule has 0 heterocycles. The standard InChI is InChI=1S/C21H30O3/c1-12(22)16-6-7-17-15-5-4-13-10-14(23)8-9-20(13,2)19(15)18(24)11-21(16,17)3/h8-9,13,15-19,24H,4-7,10-11H2,1-3H3/t13-,15+,16-,17+,18+,19-,20-,21+/m0/s1. The fourth-order valence-corrected chi connectivity index (χ4v) is 7.43. The van der Waals surface area contributed by atoms with Crippen molar-refractivity contribution in [2.24, 2.45) is 40.4 Å². The summed E-state index contributed by atoms with van der Waals surface area (Å²) >= 11 is 0. The van der Waals surface area contributed by atoms with Gasteiger partial charge in [-0.1, -0.05) is 19.9 Å². The number of rotatable bonds is 1. The zero-order valence-electron chi connectivity index (χ0n) is 15.1. The van der Waals surface area contributed by atoms with Crippen molar-refractivity contribution in [1.82, 2.24) is 0 Å². The lowest BCUT2D eigenvalue weighted by molar-refractivity contribution is -0.155. The highest BCUT2D eigenvalue weighted by molar-refractivity contribution is 5.91. The SMILES string of the molecule is CC(=O)[C@@H]1CC[C@@H]2[C@H]3CC[C@H]4CC(=O)C=C[C@]4(C)[C@@H]3[C@H](O)C[C@@]21C. The number of ketones is 2. The van der Waals surface area contributed by atoms with Crippen LogP contribution in [0.25, 0.3) is 0 Å². The van der Waals surface area contributed by atoms with E-state index < -0.39 is 0 Å². The first-order valence-electron chi connectivity index (χ1n) is 9.68. The van der Waals surface area contributed by atoms with Crippen LogP contribution in [0.15, 0.2) is 12.2 Å². The quantitative estimate of drug-likeness (QED) is 0.800. The van der Waals surface area contributed by atoms with Gasteiger partial charge >= 0.3 is 0 Å². The van der Waals surface area contributed by atoms with Gasteiger partial charge in [0.05, 0.1) is 6.10 Å². The lowest BCUT2D eigenvalue weighted by Crippen LogP contribution is -2.58. The lowest BCUT2D eigenvalue weighted by Gasteiger charge is -2.60. The fraction of sp³-hybridized carbons (Fsp3) is 0.810. The van der Waals surface area contributed by atoms with Gasteiger partial charge in [0.2, 0.25) is 0 Å². The summed E-state index contributed by atoms with van der Waals surface area (Å²) in [6, 6.07) is 0. The van der Waals surface area contributed by atoms with E-state index >= 15 is 0 Å². The molecule has 0 aliphatic heterocycles. The van der Waals surface area contributed by atoms with E-state index in [2.05, 4.69) is 19.9 Å². The van der Waals surface area contributed by atoms with Crippen LogP contribution in [-0.4, -0.2) is 22.8 Å². The zero-order valence-corrected chi connectivity index (χ0v) is 15.1. The van der Waals surface area contributed by atoms with Crippen molar-refractivity contribution >= 4 is 11.6 Å². The average Bonchev–Trinajstić information content (AvgIpc) is 2.84. The van der Waals surface area contributed by atoms with Crippen LogP contribution in [0, 0.1) is 40.4 Å². The molecule has 0 aromatic carbocycles. The Labute approximate surface area is 144 Å². The summed E-state index contributed by atoms with van der Waals surface area (Å²) in [7, 11) is 0. The number of carbonyl (C=O) groups excluding carboxylic acids is 2. The third-order valence-corrected chi connectivity index (χ3v) is 8.46. The van der Waals surface area contributed by atoms with Crippen LogP contribution in [0.2, 0.25) is 0 Å². The number of Topliss-reactive ketones (excluding diaryl/α,β-unsaturated/α-hetero) is 1. The van der Waals surface area contributed by atoms with Gasteiger partial charge < -0.3 is 5.11 Å². The molecule has 4 rings (SSSR count). The van der Waals surface area contributed by atoms with Crippen molar-refractivity contribution in [1.29, 1.82) is 0 Å². The van der Waals surface area contributed by atoms with Gasteiger partial charge in [0.25, 0.3) is 0 Å². The van der Waals surface area contributed by atoms with Crippen molar-refractivity contribution in [3.63, 3.8) is 0 Å². The van der Waals surface area contributed by atoms with Crippen LogP contribution in [0.5, 0.6) is 0 Å². The Morgan fingerprint density at radius 2 is 1.96 bits per heavy atom. The van der Waals surface area contributed by atoms with Gasteiger partial charge in [-0.15, -0.1) is 0 Å². The molecule has 24 heavy (non-hydrogen) atoms. The number of carbonyl (C=O) groups is 2. The topological polar surface area (TPSA) is 54.4 Å². The number of aliphatic hydroxyl groups is 1. The highest BCUT2D eigenvalue weighted by Crippen LogP contribution is 2.66. The Balaban J connectivity index is 1.72. The van der Waals surface area contributed by atoms with E-state index in [0.29, 0.717) is 30.0 Å². The molecule has 0 aromatic rings. The number of aliphatic hydroxyl groups excluding tert-OH is 1. The summed E-state index contributed by atoms with van der Waals surface area (Å²) in [4.78, 5) is 24.0. The van der Waals surface area contributed by atoms with Crippen molar-refractivity contribution in [3.8, 4) is 0 Å². The molecule has 0 aromatic heterocycles. The number of hydrogen-bond donors (Lipinski definition) is 1. The third-order valence-electron chi connectivity index (χ3n) is 8.46. The molecule has 0 spiro atoms. The molecule has 0 bridgehead atoms. The normalized spacial score (nSPS) is 53.2. The van der Waals surface area contributed by atoms with Crippen LogP contribution >= 0.6 is 0 Å². The summed E-state index contributed by atoms with van der Waals surface area (Å²) in [5.74, 6) is 2.31. The van der Waals surface area contributed by atoms with Crippen LogP contribution in [0.3, 0.4) is 0 Å². The van der Waals surface area contributed by atoms with Gasteiger partial charge in [0.1, 0.15) is 5.78 Å². The minimum absolute atomic E-state index is 0.0379. The maximum absolute atomic E-state index is 12.2. The molecular formula is C21H30O3. The molecule has 3 heteroatoms. The fourth-order valence-electron chi connectivity index (χ4n) is 7.43. The lowest BCUT2D eigenvalue weighted by atomic mass is 9.45. The number of allylic oxidation sites excluding steroid dienone is 2. The van der Waals surface area contributed by atoms with E-state index in [1.54, 1.807) is 13.0 Å². The third kappa shape index (κ3) is 2.06. The molecule has 3 fully saturated rings. The molecule has 0 radical (unpaired) electrons. The van der Waals surface area contributed by atoms with E-state index in [1.807, 2.05) is 0 Å².